The molecule has 0 saturated carbocycles. The van der Waals surface area contributed by atoms with Crippen LogP contribution in [-0.4, -0.2) is 23.9 Å². The minimum Gasteiger partial charge on any atom is -0.497 e. The summed E-state index contributed by atoms with van der Waals surface area (Å²) in [6.45, 7) is 1.94. The lowest BCUT2D eigenvalue weighted by Crippen LogP contribution is -2.41. The van der Waals surface area contributed by atoms with Gasteiger partial charge in [-0.2, -0.15) is 0 Å². The average Bonchev–Trinajstić information content (AvgIpc) is 2.82. The number of methoxy groups -OCH3 is 1. The minimum atomic E-state index is -0.422. The van der Waals surface area contributed by atoms with Crippen LogP contribution in [0, 0.1) is 6.92 Å². The number of fused-ring (bicyclic) bond motifs is 1. The monoisotopic (exact) mass is 411 g/mol. The van der Waals surface area contributed by atoms with E-state index in [2.05, 4.69) is 15.8 Å². The molecule has 2 N–H and O–H groups in total. The predicted molar refractivity (Wildman–Crippen MR) is 120 cm³/mol. The zero-order valence-corrected chi connectivity index (χ0v) is 17.2. The third kappa shape index (κ3) is 4.38. The van der Waals surface area contributed by atoms with Crippen LogP contribution in [0.2, 0.25) is 0 Å². The van der Waals surface area contributed by atoms with Crippen LogP contribution in [0.1, 0.15) is 26.3 Å². The summed E-state index contributed by atoms with van der Waals surface area (Å²) >= 11 is 0. The lowest BCUT2D eigenvalue weighted by atomic mass is 10.0. The third-order valence-electron chi connectivity index (χ3n) is 4.95. The Bertz CT molecular complexity index is 1250. The summed E-state index contributed by atoms with van der Waals surface area (Å²) in [6.07, 6.45) is 0. The molecule has 0 unspecified atom stereocenters. The Morgan fingerprint density at radius 2 is 1.52 bits per heavy atom. The maximum atomic E-state index is 13.0. The Labute approximate surface area is 179 Å². The fourth-order valence-corrected chi connectivity index (χ4v) is 3.23. The minimum absolute atomic E-state index is 0.387. The maximum Gasteiger partial charge on any atom is 0.270 e. The number of carbonyl (C=O) groups is 2. The number of hydrogen-bond donors (Lipinski definition) is 2. The zero-order chi connectivity index (χ0) is 21.8. The van der Waals surface area contributed by atoms with Crippen LogP contribution in [-0.2, 0) is 0 Å². The number of nitrogens with zero attached hydrogens (tertiary/aromatic N) is 1. The first kappa shape index (κ1) is 20.1. The fraction of sp³-hybridized carbons (Fsp3) is 0.0800. The highest BCUT2D eigenvalue weighted by atomic mass is 16.5. The zero-order valence-electron chi connectivity index (χ0n) is 17.2. The Balaban J connectivity index is 1.62. The van der Waals surface area contributed by atoms with Gasteiger partial charge in [0, 0.05) is 16.5 Å². The van der Waals surface area contributed by atoms with Crippen molar-refractivity contribution in [2.45, 2.75) is 6.92 Å². The molecule has 31 heavy (non-hydrogen) atoms. The first-order valence-electron chi connectivity index (χ1n) is 9.77. The van der Waals surface area contributed by atoms with E-state index in [-0.39, 0.29) is 5.91 Å². The van der Waals surface area contributed by atoms with Crippen LogP contribution in [0.3, 0.4) is 0 Å². The van der Waals surface area contributed by atoms with Gasteiger partial charge in [-0.25, -0.2) is 4.98 Å². The number of rotatable bonds is 4. The molecule has 0 radical (unpaired) electrons. The molecule has 4 aromatic rings. The number of para-hydroxylation sites is 1. The van der Waals surface area contributed by atoms with Gasteiger partial charge in [0.1, 0.15) is 5.75 Å². The summed E-state index contributed by atoms with van der Waals surface area (Å²) in [7, 11) is 1.61. The van der Waals surface area contributed by atoms with Gasteiger partial charge >= 0.3 is 0 Å². The molecule has 0 spiro atoms. The van der Waals surface area contributed by atoms with E-state index < -0.39 is 5.91 Å². The second-order valence-electron chi connectivity index (χ2n) is 7.07. The molecule has 4 rings (SSSR count). The molecular weight excluding hydrogens is 390 g/mol. The summed E-state index contributed by atoms with van der Waals surface area (Å²) in [5.74, 6) is -0.0720. The molecule has 0 saturated heterocycles. The molecule has 1 aromatic heterocycles. The number of carbonyl (C=O) groups excluding carboxylic acids is 2. The van der Waals surface area contributed by atoms with Gasteiger partial charge in [0.15, 0.2) is 0 Å². The molecule has 0 aliphatic rings. The van der Waals surface area contributed by atoms with E-state index in [1.54, 1.807) is 25.3 Å². The molecular formula is C25H21N3O3. The van der Waals surface area contributed by atoms with E-state index in [9.17, 15) is 9.59 Å². The summed E-state index contributed by atoms with van der Waals surface area (Å²) < 4.78 is 5.21. The van der Waals surface area contributed by atoms with Crippen molar-refractivity contribution in [2.24, 2.45) is 0 Å². The van der Waals surface area contributed by atoms with Crippen LogP contribution in [0.15, 0.2) is 78.9 Å². The van der Waals surface area contributed by atoms with Crippen molar-refractivity contribution in [1.82, 2.24) is 15.8 Å². The summed E-state index contributed by atoms with van der Waals surface area (Å²) in [4.78, 5) is 30.0. The van der Waals surface area contributed by atoms with E-state index in [1.807, 2.05) is 67.6 Å². The lowest BCUT2D eigenvalue weighted by Gasteiger charge is -2.12. The van der Waals surface area contributed by atoms with Gasteiger partial charge in [0.25, 0.3) is 11.8 Å². The van der Waals surface area contributed by atoms with Gasteiger partial charge in [-0.05, 0) is 55.5 Å². The summed E-state index contributed by atoms with van der Waals surface area (Å²) in [5.41, 5.74) is 9.11. The number of pyridine rings is 1. The maximum absolute atomic E-state index is 13.0. The number of hydrazine groups is 1. The number of hydrogen-bond acceptors (Lipinski definition) is 4. The standard InChI is InChI=1S/C25H21N3O3/c1-16-7-9-18(10-8-16)24(29)27-28-25(30)21-15-23(17-11-13-19(31-2)14-12-17)26-22-6-4-3-5-20(21)22/h3-15H,1-2H3,(H,27,29)(H,28,30). The molecule has 3 aromatic carbocycles. The molecule has 154 valence electrons. The van der Waals surface area contributed by atoms with Crippen LogP contribution in [0.25, 0.3) is 22.2 Å². The molecule has 2 amide bonds. The van der Waals surface area contributed by atoms with E-state index in [0.717, 1.165) is 16.9 Å². The molecule has 6 nitrogen and oxygen atoms in total. The van der Waals surface area contributed by atoms with Crippen molar-refractivity contribution in [3.63, 3.8) is 0 Å². The topological polar surface area (TPSA) is 80.3 Å². The molecule has 6 heteroatoms. The quantitative estimate of drug-likeness (QED) is 0.491. The van der Waals surface area contributed by atoms with Gasteiger partial charge in [0.2, 0.25) is 0 Å². The summed E-state index contributed by atoms with van der Waals surface area (Å²) in [6, 6.07) is 23.7. The smallest absolute Gasteiger partial charge is 0.270 e. The van der Waals surface area contributed by atoms with Crippen LogP contribution in [0.4, 0.5) is 0 Å². The van der Waals surface area contributed by atoms with Crippen LogP contribution >= 0.6 is 0 Å². The Morgan fingerprint density at radius 1 is 0.839 bits per heavy atom. The lowest BCUT2D eigenvalue weighted by molar-refractivity contribution is 0.0847. The van der Waals surface area contributed by atoms with E-state index in [0.29, 0.717) is 27.7 Å². The Morgan fingerprint density at radius 3 is 2.23 bits per heavy atom. The number of amides is 2. The molecule has 0 fully saturated rings. The highest BCUT2D eigenvalue weighted by molar-refractivity contribution is 6.08. The number of benzene rings is 3. The average molecular weight is 411 g/mol. The molecule has 0 aliphatic carbocycles. The fourth-order valence-electron chi connectivity index (χ4n) is 3.23. The van der Waals surface area contributed by atoms with Gasteiger partial charge in [-0.1, -0.05) is 35.9 Å². The molecule has 0 atom stereocenters. The van der Waals surface area contributed by atoms with Crippen molar-refractivity contribution in [1.29, 1.82) is 0 Å². The normalized spacial score (nSPS) is 10.5. The highest BCUT2D eigenvalue weighted by Gasteiger charge is 2.15. The second-order valence-corrected chi connectivity index (χ2v) is 7.07. The van der Waals surface area contributed by atoms with Crippen molar-refractivity contribution < 1.29 is 14.3 Å². The molecule has 0 bridgehead atoms. The first-order chi connectivity index (χ1) is 15.0. The van der Waals surface area contributed by atoms with Crippen molar-refractivity contribution in [3.05, 3.63) is 95.6 Å². The highest BCUT2D eigenvalue weighted by Crippen LogP contribution is 2.26. The van der Waals surface area contributed by atoms with Gasteiger partial charge in [-0.3, -0.25) is 20.4 Å². The molecule has 1 heterocycles. The number of aromatic nitrogens is 1. The van der Waals surface area contributed by atoms with Crippen molar-refractivity contribution in [2.75, 3.05) is 7.11 Å². The largest absolute Gasteiger partial charge is 0.497 e. The van der Waals surface area contributed by atoms with Crippen molar-refractivity contribution in [3.8, 4) is 17.0 Å². The first-order valence-corrected chi connectivity index (χ1v) is 9.77. The SMILES string of the molecule is COc1ccc(-c2cc(C(=O)NNC(=O)c3ccc(C)cc3)c3ccccc3n2)cc1. The van der Waals surface area contributed by atoms with Gasteiger partial charge in [0.05, 0.1) is 23.9 Å². The van der Waals surface area contributed by atoms with E-state index >= 15 is 0 Å². The van der Waals surface area contributed by atoms with Gasteiger partial charge in [-0.15, -0.1) is 0 Å². The van der Waals surface area contributed by atoms with Crippen molar-refractivity contribution >= 4 is 22.7 Å². The Kier molecular flexibility index (Phi) is 5.62. The Hall–Kier alpha value is -4.19. The van der Waals surface area contributed by atoms with Crippen LogP contribution in [0.5, 0.6) is 5.75 Å². The second kappa shape index (κ2) is 8.67. The van der Waals surface area contributed by atoms with Gasteiger partial charge < -0.3 is 4.74 Å². The molecule has 0 aliphatic heterocycles. The number of aryl methyl sites for hydroxylation is 1. The third-order valence-corrected chi connectivity index (χ3v) is 4.95. The van der Waals surface area contributed by atoms with Crippen LogP contribution < -0.4 is 15.6 Å². The van der Waals surface area contributed by atoms with E-state index in [4.69, 9.17) is 4.74 Å². The number of nitrogens with one attached hydrogen (secondary N) is 2. The predicted octanol–water partition coefficient (Wildman–Crippen LogP) is 4.29. The van der Waals surface area contributed by atoms with E-state index in [1.165, 1.54) is 0 Å². The number of ether oxygens (including phenoxy) is 1. The summed E-state index contributed by atoms with van der Waals surface area (Å²) in [5, 5.41) is 0.696.